The molecule has 1 heterocycles. The van der Waals surface area contributed by atoms with Gasteiger partial charge in [-0.3, -0.25) is 15.1 Å². The number of benzene rings is 1. The molecular weight excluding hydrogens is 262 g/mol. The van der Waals surface area contributed by atoms with Crippen LogP contribution in [0, 0.1) is 10.1 Å². The molecule has 0 atom stereocenters. The van der Waals surface area contributed by atoms with Gasteiger partial charge >= 0.3 is 5.69 Å². The van der Waals surface area contributed by atoms with E-state index >= 15 is 0 Å². The van der Waals surface area contributed by atoms with Gasteiger partial charge in [-0.25, -0.2) is 0 Å². The zero-order chi connectivity index (χ0) is 14.5. The topological polar surface area (TPSA) is 86.0 Å². The molecule has 0 aromatic heterocycles. The monoisotopic (exact) mass is 279 g/mol. The number of nitrogens with one attached hydrogen (secondary N) is 1. The summed E-state index contributed by atoms with van der Waals surface area (Å²) in [6.45, 7) is 3.73. The molecule has 1 aliphatic rings. The van der Waals surface area contributed by atoms with Crippen molar-refractivity contribution in [2.75, 3.05) is 26.8 Å². The minimum absolute atomic E-state index is 0.107. The van der Waals surface area contributed by atoms with Crippen LogP contribution in [0.1, 0.15) is 18.9 Å². The number of nitro benzene ring substituents is 1. The van der Waals surface area contributed by atoms with E-state index in [0.717, 1.165) is 13.0 Å². The molecule has 1 aliphatic heterocycles. The molecule has 0 unspecified atom stereocenters. The molecule has 20 heavy (non-hydrogen) atoms. The summed E-state index contributed by atoms with van der Waals surface area (Å²) in [4.78, 5) is 15.0. The Bertz CT molecular complexity index is 543. The fraction of sp³-hybridized carbons (Fsp3) is 0.462. The zero-order valence-electron chi connectivity index (χ0n) is 11.5. The van der Waals surface area contributed by atoms with Crippen molar-refractivity contribution >= 4 is 11.5 Å². The van der Waals surface area contributed by atoms with E-state index in [2.05, 4.69) is 10.3 Å². The zero-order valence-corrected chi connectivity index (χ0v) is 11.5. The van der Waals surface area contributed by atoms with Crippen LogP contribution < -0.4 is 14.8 Å². The second-order valence-corrected chi connectivity index (χ2v) is 4.29. The Hall–Kier alpha value is -2.31. The second kappa shape index (κ2) is 6.23. The number of hydrogen-bond donors (Lipinski definition) is 1. The van der Waals surface area contributed by atoms with E-state index in [1.165, 1.54) is 13.2 Å². The summed E-state index contributed by atoms with van der Waals surface area (Å²) in [5, 5.41) is 14.3. The Morgan fingerprint density at radius 1 is 1.50 bits per heavy atom. The maximum absolute atomic E-state index is 11.2. The summed E-state index contributed by atoms with van der Waals surface area (Å²) < 4.78 is 10.7. The van der Waals surface area contributed by atoms with E-state index in [0.29, 0.717) is 30.3 Å². The van der Waals surface area contributed by atoms with Crippen LogP contribution in [0.15, 0.2) is 17.1 Å². The summed E-state index contributed by atoms with van der Waals surface area (Å²) in [7, 11) is 1.46. The molecule has 0 saturated heterocycles. The predicted molar refractivity (Wildman–Crippen MR) is 74.8 cm³/mol. The van der Waals surface area contributed by atoms with Crippen LogP contribution in [0.4, 0.5) is 5.69 Å². The number of amidine groups is 1. The third-order valence-corrected chi connectivity index (χ3v) is 2.85. The lowest BCUT2D eigenvalue weighted by Gasteiger charge is -2.12. The lowest BCUT2D eigenvalue weighted by Crippen LogP contribution is -2.19. The number of ether oxygens (including phenoxy) is 2. The maximum Gasteiger partial charge on any atom is 0.315 e. The van der Waals surface area contributed by atoms with Crippen molar-refractivity contribution in [2.24, 2.45) is 4.99 Å². The molecule has 108 valence electrons. The first-order valence-corrected chi connectivity index (χ1v) is 6.45. The number of aliphatic imine (C=N–C) groups is 1. The molecule has 0 aliphatic carbocycles. The highest BCUT2D eigenvalue weighted by atomic mass is 16.6. The molecule has 0 amide bonds. The smallest absolute Gasteiger partial charge is 0.315 e. The summed E-state index contributed by atoms with van der Waals surface area (Å²) in [5.74, 6) is 1.16. The average Bonchev–Trinajstić information content (AvgIpc) is 2.98. The summed E-state index contributed by atoms with van der Waals surface area (Å²) in [6.07, 6.45) is 0.760. The molecule has 1 aromatic rings. The Balaban J connectivity index is 2.48. The molecular formula is C13H17N3O4. The third kappa shape index (κ3) is 2.81. The standard InChI is InChI=1S/C13H17N3O4/c1-3-6-20-12-10(16(17)18)7-9(8-11(12)19-2)13-14-4-5-15-13/h7-8H,3-6H2,1-2H3,(H,14,15). The molecule has 1 N–H and O–H groups in total. The van der Waals surface area contributed by atoms with Crippen molar-refractivity contribution in [1.82, 2.24) is 5.32 Å². The Morgan fingerprint density at radius 2 is 2.30 bits per heavy atom. The first-order chi connectivity index (χ1) is 9.67. The molecule has 0 fully saturated rings. The highest BCUT2D eigenvalue weighted by molar-refractivity contribution is 6.01. The minimum Gasteiger partial charge on any atom is -0.493 e. The van der Waals surface area contributed by atoms with E-state index in [4.69, 9.17) is 9.47 Å². The number of hydrogen-bond acceptors (Lipinski definition) is 6. The highest BCUT2D eigenvalue weighted by Crippen LogP contribution is 2.38. The molecule has 7 nitrogen and oxygen atoms in total. The molecule has 7 heteroatoms. The van der Waals surface area contributed by atoms with Gasteiger partial charge < -0.3 is 14.8 Å². The van der Waals surface area contributed by atoms with Crippen LogP contribution in [0.5, 0.6) is 11.5 Å². The Labute approximate surface area is 116 Å². The first-order valence-electron chi connectivity index (χ1n) is 6.45. The van der Waals surface area contributed by atoms with Crippen molar-refractivity contribution in [3.63, 3.8) is 0 Å². The number of methoxy groups -OCH3 is 1. The van der Waals surface area contributed by atoms with E-state index in [9.17, 15) is 10.1 Å². The first kappa shape index (κ1) is 14.1. The van der Waals surface area contributed by atoms with E-state index < -0.39 is 4.92 Å². The second-order valence-electron chi connectivity index (χ2n) is 4.29. The molecule has 1 aromatic carbocycles. The van der Waals surface area contributed by atoms with Gasteiger partial charge in [0.1, 0.15) is 5.84 Å². The van der Waals surface area contributed by atoms with Crippen LogP contribution in [-0.2, 0) is 0 Å². The molecule has 0 bridgehead atoms. The van der Waals surface area contributed by atoms with Crippen LogP contribution in [0.2, 0.25) is 0 Å². The van der Waals surface area contributed by atoms with Crippen molar-refractivity contribution in [1.29, 1.82) is 0 Å². The molecule has 0 spiro atoms. The van der Waals surface area contributed by atoms with E-state index in [-0.39, 0.29) is 11.4 Å². The Morgan fingerprint density at radius 3 is 2.85 bits per heavy atom. The summed E-state index contributed by atoms with van der Waals surface area (Å²) >= 11 is 0. The van der Waals surface area contributed by atoms with Crippen molar-refractivity contribution in [3.8, 4) is 11.5 Å². The summed E-state index contributed by atoms with van der Waals surface area (Å²) in [5.41, 5.74) is 0.527. The largest absolute Gasteiger partial charge is 0.493 e. The lowest BCUT2D eigenvalue weighted by atomic mass is 10.1. The van der Waals surface area contributed by atoms with Gasteiger partial charge in [0, 0.05) is 18.2 Å². The number of rotatable bonds is 6. The SMILES string of the molecule is CCCOc1c(OC)cc(C2=NCCN2)cc1[N+](=O)[O-]. The van der Waals surface area contributed by atoms with E-state index in [1.54, 1.807) is 6.07 Å². The normalized spacial score (nSPS) is 13.6. The van der Waals surface area contributed by atoms with Crippen LogP contribution >= 0.6 is 0 Å². The van der Waals surface area contributed by atoms with Gasteiger partial charge in [-0.05, 0) is 12.5 Å². The lowest BCUT2D eigenvalue weighted by molar-refractivity contribution is -0.386. The maximum atomic E-state index is 11.2. The average molecular weight is 279 g/mol. The highest BCUT2D eigenvalue weighted by Gasteiger charge is 2.24. The van der Waals surface area contributed by atoms with Gasteiger partial charge in [0.25, 0.3) is 0 Å². The van der Waals surface area contributed by atoms with Gasteiger partial charge in [-0.15, -0.1) is 0 Å². The van der Waals surface area contributed by atoms with Crippen molar-refractivity contribution in [3.05, 3.63) is 27.8 Å². The summed E-state index contributed by atoms with van der Waals surface area (Å²) in [6, 6.07) is 3.17. The van der Waals surface area contributed by atoms with Crippen molar-refractivity contribution < 1.29 is 14.4 Å². The Kier molecular flexibility index (Phi) is 4.39. The third-order valence-electron chi connectivity index (χ3n) is 2.85. The fourth-order valence-electron chi connectivity index (χ4n) is 1.95. The van der Waals surface area contributed by atoms with Gasteiger partial charge in [-0.2, -0.15) is 0 Å². The van der Waals surface area contributed by atoms with Crippen LogP contribution in [-0.4, -0.2) is 37.6 Å². The quantitative estimate of drug-likeness (QED) is 0.633. The number of nitro groups is 1. The van der Waals surface area contributed by atoms with Gasteiger partial charge in [0.2, 0.25) is 5.75 Å². The van der Waals surface area contributed by atoms with Gasteiger partial charge in [0.05, 0.1) is 25.2 Å². The van der Waals surface area contributed by atoms with E-state index in [1.807, 2.05) is 6.92 Å². The molecule has 2 rings (SSSR count). The fourth-order valence-corrected chi connectivity index (χ4v) is 1.95. The van der Waals surface area contributed by atoms with Gasteiger partial charge in [0.15, 0.2) is 5.75 Å². The molecule has 0 saturated carbocycles. The number of nitrogens with zero attached hydrogens (tertiary/aromatic N) is 2. The molecule has 0 radical (unpaired) electrons. The van der Waals surface area contributed by atoms with Crippen LogP contribution in [0.25, 0.3) is 0 Å². The minimum atomic E-state index is -0.466. The van der Waals surface area contributed by atoms with Gasteiger partial charge in [-0.1, -0.05) is 6.92 Å². The van der Waals surface area contributed by atoms with Crippen molar-refractivity contribution in [2.45, 2.75) is 13.3 Å². The van der Waals surface area contributed by atoms with Crippen LogP contribution in [0.3, 0.4) is 0 Å². The predicted octanol–water partition coefficient (Wildman–Crippen LogP) is 1.74.